The molecule has 2 N–H and O–H groups in total. The van der Waals surface area contributed by atoms with Gasteiger partial charge in [0.1, 0.15) is 17.0 Å². The van der Waals surface area contributed by atoms with E-state index in [4.69, 9.17) is 5.11 Å². The van der Waals surface area contributed by atoms with E-state index in [9.17, 15) is 9.59 Å². The summed E-state index contributed by atoms with van der Waals surface area (Å²) in [6.45, 7) is 0. The average molecular weight is 289 g/mol. The normalized spacial score (nSPS) is 10.8. The van der Waals surface area contributed by atoms with Gasteiger partial charge in [-0.05, 0) is 12.1 Å². The Morgan fingerprint density at radius 1 is 1.35 bits per heavy atom. The monoisotopic (exact) mass is 289 g/mol. The lowest BCUT2D eigenvalue weighted by Gasteiger charge is -2.01. The summed E-state index contributed by atoms with van der Waals surface area (Å²) in [6, 6.07) is 4.76. The zero-order chi connectivity index (χ0) is 14.1. The number of nitrogens with one attached hydrogen (secondary N) is 1. The van der Waals surface area contributed by atoms with Crippen molar-refractivity contribution in [2.45, 2.75) is 9.92 Å². The number of rotatable bonds is 3. The fourth-order valence-electron chi connectivity index (χ4n) is 1.56. The van der Waals surface area contributed by atoms with E-state index in [2.05, 4.69) is 20.2 Å². The van der Waals surface area contributed by atoms with Crippen LogP contribution < -0.4 is 5.69 Å². The van der Waals surface area contributed by atoms with Crippen LogP contribution in [-0.2, 0) is 0 Å². The number of fused-ring (bicyclic) bond motifs is 1. The smallest absolute Gasteiger partial charge is 0.354 e. The van der Waals surface area contributed by atoms with Crippen molar-refractivity contribution in [1.29, 1.82) is 0 Å². The Labute approximate surface area is 115 Å². The minimum atomic E-state index is -1.09. The summed E-state index contributed by atoms with van der Waals surface area (Å²) in [7, 11) is 0. The van der Waals surface area contributed by atoms with Crippen LogP contribution in [0.15, 0.2) is 45.4 Å². The predicted octanol–water partition coefficient (Wildman–Crippen LogP) is 0.662. The molecule has 0 spiro atoms. The van der Waals surface area contributed by atoms with Crippen LogP contribution in [0.1, 0.15) is 10.5 Å². The summed E-state index contributed by atoms with van der Waals surface area (Å²) in [4.78, 5) is 30.7. The molecular formula is C11H7N5O3S. The molecule has 0 amide bonds. The van der Waals surface area contributed by atoms with E-state index in [-0.39, 0.29) is 11.4 Å². The van der Waals surface area contributed by atoms with Gasteiger partial charge in [-0.15, -0.1) is 0 Å². The third-order valence-electron chi connectivity index (χ3n) is 2.46. The number of H-pyrrole nitrogens is 1. The maximum absolute atomic E-state index is 11.3. The van der Waals surface area contributed by atoms with E-state index >= 15 is 0 Å². The van der Waals surface area contributed by atoms with Gasteiger partial charge in [-0.2, -0.15) is 5.10 Å². The molecule has 0 saturated carbocycles. The summed E-state index contributed by atoms with van der Waals surface area (Å²) < 4.78 is 1.28. The van der Waals surface area contributed by atoms with E-state index in [1.165, 1.54) is 34.8 Å². The van der Waals surface area contributed by atoms with E-state index in [1.807, 2.05) is 0 Å². The van der Waals surface area contributed by atoms with Crippen molar-refractivity contribution in [3.8, 4) is 0 Å². The molecule has 3 heterocycles. The van der Waals surface area contributed by atoms with Crippen molar-refractivity contribution in [3.63, 3.8) is 0 Å². The van der Waals surface area contributed by atoms with Gasteiger partial charge in [-0.25, -0.2) is 29.1 Å². The van der Waals surface area contributed by atoms with Crippen molar-refractivity contribution >= 4 is 23.4 Å². The highest BCUT2D eigenvalue weighted by Crippen LogP contribution is 2.26. The van der Waals surface area contributed by atoms with Crippen LogP contribution >= 0.6 is 11.8 Å². The Hall–Kier alpha value is -2.68. The molecule has 100 valence electrons. The maximum atomic E-state index is 11.3. The molecule has 0 radical (unpaired) electrons. The van der Waals surface area contributed by atoms with Crippen molar-refractivity contribution in [1.82, 2.24) is 24.6 Å². The molecule has 0 saturated heterocycles. The Morgan fingerprint density at radius 3 is 3.00 bits per heavy atom. The van der Waals surface area contributed by atoms with Crippen LogP contribution in [0.25, 0.3) is 5.65 Å². The highest BCUT2D eigenvalue weighted by molar-refractivity contribution is 7.99. The van der Waals surface area contributed by atoms with Gasteiger partial charge in [0, 0.05) is 17.2 Å². The summed E-state index contributed by atoms with van der Waals surface area (Å²) in [5.41, 5.74) is 0.0493. The quantitative estimate of drug-likeness (QED) is 0.681. The number of nitrogens with zero attached hydrogens (tertiary/aromatic N) is 4. The minimum absolute atomic E-state index is 0.0351. The zero-order valence-electron chi connectivity index (χ0n) is 9.85. The first-order valence-corrected chi connectivity index (χ1v) is 6.25. The molecule has 0 atom stereocenters. The fourth-order valence-corrected chi connectivity index (χ4v) is 2.37. The maximum Gasteiger partial charge on any atom is 0.354 e. The standard InChI is InChI=1S/C11H7N5O3S/c17-10(18)7-3-6(1-2-12-7)20-9-4-8-14-15-11(19)16(8)5-13-9/h1-5H,(H,15,19)(H,17,18). The third-order valence-corrected chi connectivity index (χ3v) is 3.38. The van der Waals surface area contributed by atoms with Crippen LogP contribution in [-0.4, -0.2) is 35.6 Å². The lowest BCUT2D eigenvalue weighted by molar-refractivity contribution is 0.0690. The van der Waals surface area contributed by atoms with Crippen molar-refractivity contribution < 1.29 is 9.90 Å². The summed E-state index contributed by atoms with van der Waals surface area (Å²) >= 11 is 1.26. The minimum Gasteiger partial charge on any atom is -0.477 e. The zero-order valence-corrected chi connectivity index (χ0v) is 10.7. The van der Waals surface area contributed by atoms with E-state index in [0.29, 0.717) is 15.6 Å². The molecule has 3 aromatic heterocycles. The predicted molar refractivity (Wildman–Crippen MR) is 68.9 cm³/mol. The number of aromatic amines is 1. The first-order valence-electron chi connectivity index (χ1n) is 5.43. The summed E-state index contributed by atoms with van der Waals surface area (Å²) in [6.07, 6.45) is 2.78. The number of hydrogen-bond acceptors (Lipinski definition) is 6. The second-order valence-corrected chi connectivity index (χ2v) is 4.86. The number of aromatic carboxylic acids is 1. The molecule has 0 unspecified atom stereocenters. The highest BCUT2D eigenvalue weighted by atomic mass is 32.2. The van der Waals surface area contributed by atoms with Crippen LogP contribution in [0.2, 0.25) is 0 Å². The molecule has 0 aliphatic heterocycles. The van der Waals surface area contributed by atoms with E-state index < -0.39 is 5.97 Å². The fraction of sp³-hybridized carbons (Fsp3) is 0. The molecule has 0 bridgehead atoms. The molecule has 9 heteroatoms. The second-order valence-electron chi connectivity index (χ2n) is 3.77. The number of pyridine rings is 1. The average Bonchev–Trinajstić information content (AvgIpc) is 2.80. The summed E-state index contributed by atoms with van der Waals surface area (Å²) in [5.74, 6) is -1.09. The molecule has 0 aromatic carbocycles. The molecule has 0 aliphatic rings. The van der Waals surface area contributed by atoms with Gasteiger partial charge in [-0.1, -0.05) is 11.8 Å². The first kappa shape index (κ1) is 12.4. The van der Waals surface area contributed by atoms with Gasteiger partial charge in [-0.3, -0.25) is 0 Å². The molecule has 0 aliphatic carbocycles. The number of carboxylic acid groups (broad SMARTS) is 1. The SMILES string of the molecule is O=C(O)c1cc(Sc2cc3n[nH]c(=O)n3cn2)ccn1. The number of hydrogen-bond donors (Lipinski definition) is 2. The second kappa shape index (κ2) is 4.78. The van der Waals surface area contributed by atoms with Crippen LogP contribution in [0.5, 0.6) is 0 Å². The largest absolute Gasteiger partial charge is 0.477 e. The Balaban J connectivity index is 1.94. The van der Waals surface area contributed by atoms with E-state index in [0.717, 1.165) is 0 Å². The van der Waals surface area contributed by atoms with Gasteiger partial charge < -0.3 is 5.11 Å². The Kier molecular flexibility index (Phi) is 2.95. The topological polar surface area (TPSA) is 113 Å². The van der Waals surface area contributed by atoms with E-state index in [1.54, 1.807) is 12.1 Å². The molecule has 20 heavy (non-hydrogen) atoms. The van der Waals surface area contributed by atoms with Gasteiger partial charge in [0.2, 0.25) is 0 Å². The summed E-state index contributed by atoms with van der Waals surface area (Å²) in [5, 5.41) is 15.6. The number of carboxylic acids is 1. The van der Waals surface area contributed by atoms with Crippen LogP contribution in [0.4, 0.5) is 0 Å². The van der Waals surface area contributed by atoms with Gasteiger partial charge in [0.25, 0.3) is 0 Å². The third kappa shape index (κ3) is 2.26. The Bertz CT molecular complexity index is 856. The van der Waals surface area contributed by atoms with Crippen LogP contribution in [0.3, 0.4) is 0 Å². The highest BCUT2D eigenvalue weighted by Gasteiger charge is 2.08. The molecular weight excluding hydrogens is 282 g/mol. The molecule has 3 rings (SSSR count). The van der Waals surface area contributed by atoms with Gasteiger partial charge in [0.15, 0.2) is 5.65 Å². The number of aromatic nitrogens is 5. The lowest BCUT2D eigenvalue weighted by atomic mass is 10.3. The van der Waals surface area contributed by atoms with Gasteiger partial charge in [0.05, 0.1) is 0 Å². The lowest BCUT2D eigenvalue weighted by Crippen LogP contribution is -2.09. The van der Waals surface area contributed by atoms with Crippen molar-refractivity contribution in [2.75, 3.05) is 0 Å². The molecule has 8 nitrogen and oxygen atoms in total. The first-order chi connectivity index (χ1) is 9.63. The van der Waals surface area contributed by atoms with Crippen molar-refractivity contribution in [2.24, 2.45) is 0 Å². The molecule has 3 aromatic rings. The Morgan fingerprint density at radius 2 is 2.20 bits per heavy atom. The molecule has 0 fully saturated rings. The number of carbonyl (C=O) groups is 1. The van der Waals surface area contributed by atoms with Crippen LogP contribution in [0, 0.1) is 0 Å². The van der Waals surface area contributed by atoms with Gasteiger partial charge >= 0.3 is 11.7 Å². The van der Waals surface area contributed by atoms with Crippen molar-refractivity contribution in [3.05, 3.63) is 46.9 Å².